The van der Waals surface area contributed by atoms with Crippen molar-refractivity contribution in [1.29, 1.82) is 0 Å². The highest BCUT2D eigenvalue weighted by atomic mass is 16.4. The lowest BCUT2D eigenvalue weighted by atomic mass is 9.92. The highest BCUT2D eigenvalue weighted by Gasteiger charge is 2.35. The van der Waals surface area contributed by atoms with Crippen LogP contribution in [-0.2, 0) is 4.79 Å². The first-order valence-electron chi connectivity index (χ1n) is 7.56. The van der Waals surface area contributed by atoms with Crippen molar-refractivity contribution < 1.29 is 9.90 Å². The van der Waals surface area contributed by atoms with Gasteiger partial charge in [-0.2, -0.15) is 0 Å². The molecule has 0 aromatic rings. The summed E-state index contributed by atoms with van der Waals surface area (Å²) >= 11 is 0. The molecule has 2 N–H and O–H groups in total. The van der Waals surface area contributed by atoms with Crippen molar-refractivity contribution in [2.24, 2.45) is 0 Å². The second kappa shape index (κ2) is 8.60. The molecule has 0 saturated carbocycles. The molecule has 0 bridgehead atoms. The summed E-state index contributed by atoms with van der Waals surface area (Å²) in [5.41, 5.74) is -0.862. The molecule has 0 rings (SSSR count). The second-order valence-corrected chi connectivity index (χ2v) is 6.16. The van der Waals surface area contributed by atoms with Crippen LogP contribution in [0, 0.1) is 0 Å². The summed E-state index contributed by atoms with van der Waals surface area (Å²) in [6.45, 7) is 12.7. The molecule has 0 radical (unpaired) electrons. The Morgan fingerprint density at radius 3 is 2.15 bits per heavy atom. The summed E-state index contributed by atoms with van der Waals surface area (Å²) in [5, 5.41) is 12.6. The molecule has 0 aliphatic carbocycles. The first kappa shape index (κ1) is 19.4. The number of nitrogens with zero attached hydrogens (tertiary/aromatic N) is 2. The Bertz CT molecular complexity index is 297. The smallest absolute Gasteiger partial charge is 0.323 e. The van der Waals surface area contributed by atoms with Crippen LogP contribution in [0.3, 0.4) is 0 Å². The minimum atomic E-state index is -0.862. The van der Waals surface area contributed by atoms with E-state index >= 15 is 0 Å². The van der Waals surface area contributed by atoms with Gasteiger partial charge in [-0.15, -0.1) is 0 Å². The average Bonchev–Trinajstić information content (AvgIpc) is 2.28. The largest absolute Gasteiger partial charge is 0.480 e. The summed E-state index contributed by atoms with van der Waals surface area (Å²) < 4.78 is 0. The van der Waals surface area contributed by atoms with Crippen LogP contribution >= 0.6 is 0 Å². The van der Waals surface area contributed by atoms with Crippen LogP contribution in [0.25, 0.3) is 0 Å². The maximum Gasteiger partial charge on any atom is 0.323 e. The van der Waals surface area contributed by atoms with E-state index in [4.69, 9.17) is 0 Å². The van der Waals surface area contributed by atoms with Gasteiger partial charge in [-0.1, -0.05) is 13.8 Å². The molecule has 3 unspecified atom stereocenters. The van der Waals surface area contributed by atoms with Crippen LogP contribution in [0.15, 0.2) is 0 Å². The van der Waals surface area contributed by atoms with E-state index in [1.165, 1.54) is 0 Å². The molecule has 0 aliphatic rings. The van der Waals surface area contributed by atoms with E-state index in [9.17, 15) is 9.90 Å². The molecule has 0 amide bonds. The van der Waals surface area contributed by atoms with Crippen molar-refractivity contribution in [1.82, 2.24) is 15.1 Å². The van der Waals surface area contributed by atoms with Crippen molar-refractivity contribution in [2.75, 3.05) is 33.7 Å². The fourth-order valence-electron chi connectivity index (χ4n) is 3.02. The zero-order valence-corrected chi connectivity index (χ0v) is 14.2. The molecule has 0 fully saturated rings. The summed E-state index contributed by atoms with van der Waals surface area (Å²) in [6, 6.07) is 0.625. The van der Waals surface area contributed by atoms with Gasteiger partial charge in [0.2, 0.25) is 0 Å². The lowest BCUT2D eigenvalue weighted by molar-refractivity contribution is -0.145. The number of aliphatic carboxylic acids is 1. The fraction of sp³-hybridized carbons (Fsp3) is 0.933. The Hall–Kier alpha value is -0.650. The van der Waals surface area contributed by atoms with Gasteiger partial charge in [0.05, 0.1) is 0 Å². The number of carboxylic acid groups (broad SMARTS) is 1. The van der Waals surface area contributed by atoms with Gasteiger partial charge in [0.1, 0.15) is 5.54 Å². The van der Waals surface area contributed by atoms with E-state index in [-0.39, 0.29) is 6.04 Å². The third-order valence-electron chi connectivity index (χ3n) is 3.87. The molecule has 0 aromatic carbocycles. The maximum absolute atomic E-state index is 11.5. The lowest BCUT2D eigenvalue weighted by Gasteiger charge is -2.38. The summed E-state index contributed by atoms with van der Waals surface area (Å²) in [4.78, 5) is 16.1. The standard InChI is InChI=1S/C15H33N3O2/c1-8-16-15(5,14(19)20)10-12(3)18(9-2)13(4)11-17(6)7/h12-13,16H,8-11H2,1-7H3,(H,19,20). The molecular weight excluding hydrogens is 254 g/mol. The Labute approximate surface area is 124 Å². The summed E-state index contributed by atoms with van der Waals surface area (Å²) in [5.74, 6) is -0.775. The molecule has 3 atom stereocenters. The van der Waals surface area contributed by atoms with E-state index in [1.54, 1.807) is 6.92 Å². The van der Waals surface area contributed by atoms with Crippen molar-refractivity contribution in [3.63, 3.8) is 0 Å². The molecular formula is C15H33N3O2. The van der Waals surface area contributed by atoms with E-state index in [0.717, 1.165) is 13.1 Å². The highest BCUT2D eigenvalue weighted by Crippen LogP contribution is 2.19. The van der Waals surface area contributed by atoms with Crippen molar-refractivity contribution in [3.05, 3.63) is 0 Å². The van der Waals surface area contributed by atoms with E-state index in [0.29, 0.717) is 19.0 Å². The summed E-state index contributed by atoms with van der Waals surface area (Å²) in [7, 11) is 4.13. The topological polar surface area (TPSA) is 55.8 Å². The molecule has 5 heteroatoms. The Kier molecular flexibility index (Phi) is 8.32. The van der Waals surface area contributed by atoms with Crippen LogP contribution in [0.2, 0.25) is 0 Å². The van der Waals surface area contributed by atoms with Gasteiger partial charge in [-0.05, 0) is 54.4 Å². The van der Waals surface area contributed by atoms with E-state index in [1.807, 2.05) is 6.92 Å². The molecule has 120 valence electrons. The van der Waals surface area contributed by atoms with Gasteiger partial charge < -0.3 is 15.3 Å². The number of likely N-dealkylation sites (N-methyl/N-ethyl adjacent to an activating group) is 3. The monoisotopic (exact) mass is 287 g/mol. The van der Waals surface area contributed by atoms with Gasteiger partial charge in [0, 0.05) is 18.6 Å². The Balaban J connectivity index is 4.83. The first-order chi connectivity index (χ1) is 9.17. The minimum absolute atomic E-state index is 0.218. The fourth-order valence-corrected chi connectivity index (χ4v) is 3.02. The van der Waals surface area contributed by atoms with Crippen molar-refractivity contribution in [3.8, 4) is 0 Å². The van der Waals surface area contributed by atoms with E-state index < -0.39 is 11.5 Å². The normalized spacial score (nSPS) is 18.1. The number of hydrogen-bond donors (Lipinski definition) is 2. The molecule has 0 heterocycles. The highest BCUT2D eigenvalue weighted by molar-refractivity contribution is 5.78. The third kappa shape index (κ3) is 5.77. The van der Waals surface area contributed by atoms with Gasteiger partial charge in [-0.3, -0.25) is 9.69 Å². The molecule has 0 aliphatic heterocycles. The molecule has 5 nitrogen and oxygen atoms in total. The number of hydrogen-bond acceptors (Lipinski definition) is 4. The van der Waals surface area contributed by atoms with Crippen LogP contribution in [0.4, 0.5) is 0 Å². The summed E-state index contributed by atoms with van der Waals surface area (Å²) in [6.07, 6.45) is 0.599. The van der Waals surface area contributed by atoms with Gasteiger partial charge in [0.25, 0.3) is 0 Å². The molecule has 0 spiro atoms. The predicted molar refractivity (Wildman–Crippen MR) is 84.2 cm³/mol. The number of nitrogens with one attached hydrogen (secondary N) is 1. The zero-order valence-electron chi connectivity index (χ0n) is 14.2. The van der Waals surface area contributed by atoms with Gasteiger partial charge in [-0.25, -0.2) is 0 Å². The van der Waals surface area contributed by atoms with Crippen LogP contribution in [0.1, 0.15) is 41.0 Å². The molecule has 0 aromatic heterocycles. The first-order valence-corrected chi connectivity index (χ1v) is 7.56. The maximum atomic E-state index is 11.5. The predicted octanol–water partition coefficient (Wildman–Crippen LogP) is 1.49. The second-order valence-electron chi connectivity index (χ2n) is 6.16. The number of carboxylic acids is 1. The number of carbonyl (C=O) groups is 1. The number of rotatable bonds is 10. The van der Waals surface area contributed by atoms with Crippen molar-refractivity contribution >= 4 is 5.97 Å². The third-order valence-corrected chi connectivity index (χ3v) is 3.87. The Morgan fingerprint density at radius 1 is 1.25 bits per heavy atom. The lowest BCUT2D eigenvalue weighted by Crippen LogP contribution is -2.55. The molecule has 0 saturated heterocycles. The average molecular weight is 287 g/mol. The van der Waals surface area contributed by atoms with Crippen LogP contribution in [0.5, 0.6) is 0 Å². The van der Waals surface area contributed by atoms with E-state index in [2.05, 4.69) is 50.0 Å². The minimum Gasteiger partial charge on any atom is -0.480 e. The molecule has 20 heavy (non-hydrogen) atoms. The van der Waals surface area contributed by atoms with Gasteiger partial charge >= 0.3 is 5.97 Å². The SMILES string of the molecule is CCNC(C)(CC(C)N(CC)C(C)CN(C)C)C(=O)O. The Morgan fingerprint density at radius 2 is 1.80 bits per heavy atom. The quantitative estimate of drug-likeness (QED) is 0.637. The van der Waals surface area contributed by atoms with Crippen molar-refractivity contribution in [2.45, 2.75) is 58.7 Å². The zero-order chi connectivity index (χ0) is 15.9. The van der Waals surface area contributed by atoms with Crippen LogP contribution < -0.4 is 5.32 Å². The van der Waals surface area contributed by atoms with Gasteiger partial charge in [0.15, 0.2) is 0 Å². The van der Waals surface area contributed by atoms with Crippen LogP contribution in [-0.4, -0.2) is 72.2 Å².